The fourth-order valence-electron chi connectivity index (χ4n) is 3.45. The highest BCUT2D eigenvalue weighted by Gasteiger charge is 2.40. The first-order valence-electron chi connectivity index (χ1n) is 7.62. The lowest BCUT2D eigenvalue weighted by atomic mass is 9.86. The second-order valence-electron chi connectivity index (χ2n) is 6.07. The maximum absolute atomic E-state index is 12.1. The molecule has 0 atom stereocenters. The van der Waals surface area contributed by atoms with Crippen LogP contribution in [-0.4, -0.2) is 45.0 Å². The average Bonchev–Trinajstić information content (AvgIpc) is 2.84. The Balaban J connectivity index is 2.43. The van der Waals surface area contributed by atoms with Crippen molar-refractivity contribution in [3.63, 3.8) is 0 Å². The molecule has 0 aliphatic heterocycles. The number of esters is 1. The van der Waals surface area contributed by atoms with Crippen LogP contribution in [0, 0.1) is 19.3 Å². The second kappa shape index (κ2) is 6.75. The predicted molar refractivity (Wildman–Crippen MR) is 83.3 cm³/mol. The number of aromatic nitrogens is 1. The standard InChI is InChI=1S/C17H25NO4/c1-6-22-16(19)15-11(2)13-7-17(9-20-4,10-21-5)8-14(13)12(3)18-15/h6-10H2,1-5H3. The second-order valence-corrected chi connectivity index (χ2v) is 6.07. The summed E-state index contributed by atoms with van der Waals surface area (Å²) in [6.45, 7) is 7.32. The molecule has 0 saturated heterocycles. The Hall–Kier alpha value is -1.46. The van der Waals surface area contributed by atoms with E-state index in [-0.39, 0.29) is 11.4 Å². The molecular weight excluding hydrogens is 282 g/mol. The zero-order valence-corrected chi connectivity index (χ0v) is 14.1. The lowest BCUT2D eigenvalue weighted by molar-refractivity contribution is 0.0167. The van der Waals surface area contributed by atoms with Crippen LogP contribution < -0.4 is 0 Å². The van der Waals surface area contributed by atoms with Gasteiger partial charge in [0.15, 0.2) is 5.69 Å². The number of carbonyl (C=O) groups is 1. The van der Waals surface area contributed by atoms with Crippen molar-refractivity contribution in [2.24, 2.45) is 5.41 Å². The molecule has 0 spiro atoms. The number of nitrogens with zero attached hydrogens (tertiary/aromatic N) is 1. The largest absolute Gasteiger partial charge is 0.461 e. The normalized spacial score (nSPS) is 15.7. The number of hydrogen-bond donors (Lipinski definition) is 0. The molecule has 0 bridgehead atoms. The Morgan fingerprint density at radius 3 is 2.27 bits per heavy atom. The molecular formula is C17H25NO4. The van der Waals surface area contributed by atoms with E-state index >= 15 is 0 Å². The summed E-state index contributed by atoms with van der Waals surface area (Å²) >= 11 is 0. The Labute approximate surface area is 132 Å². The number of rotatable bonds is 6. The number of methoxy groups -OCH3 is 2. The summed E-state index contributed by atoms with van der Waals surface area (Å²) in [4.78, 5) is 16.6. The molecule has 1 aliphatic carbocycles. The van der Waals surface area contributed by atoms with Gasteiger partial charge in [-0.05, 0) is 50.3 Å². The van der Waals surface area contributed by atoms with Crippen LogP contribution in [0.1, 0.15) is 39.8 Å². The maximum atomic E-state index is 12.1. The first kappa shape index (κ1) is 16.9. The minimum absolute atomic E-state index is 0.0731. The van der Waals surface area contributed by atoms with Crippen LogP contribution in [0.15, 0.2) is 0 Å². The minimum atomic E-state index is -0.345. The lowest BCUT2D eigenvalue weighted by Crippen LogP contribution is -2.32. The third-order valence-electron chi connectivity index (χ3n) is 4.36. The minimum Gasteiger partial charge on any atom is -0.461 e. The molecule has 2 rings (SSSR count). The molecule has 1 heterocycles. The molecule has 22 heavy (non-hydrogen) atoms. The maximum Gasteiger partial charge on any atom is 0.357 e. The van der Waals surface area contributed by atoms with E-state index < -0.39 is 0 Å². The van der Waals surface area contributed by atoms with Gasteiger partial charge in [-0.3, -0.25) is 0 Å². The van der Waals surface area contributed by atoms with Crippen LogP contribution in [0.4, 0.5) is 0 Å². The van der Waals surface area contributed by atoms with Crippen molar-refractivity contribution in [2.45, 2.75) is 33.6 Å². The van der Waals surface area contributed by atoms with Gasteiger partial charge >= 0.3 is 5.97 Å². The summed E-state index contributed by atoms with van der Waals surface area (Å²) in [5, 5.41) is 0. The monoisotopic (exact) mass is 307 g/mol. The van der Waals surface area contributed by atoms with E-state index in [2.05, 4.69) is 4.98 Å². The SMILES string of the molecule is CCOC(=O)c1nc(C)c2c(c1C)CC(COC)(COC)C2. The van der Waals surface area contributed by atoms with Crippen LogP contribution >= 0.6 is 0 Å². The highest BCUT2D eigenvalue weighted by Crippen LogP contribution is 2.40. The molecule has 0 unspecified atom stereocenters. The van der Waals surface area contributed by atoms with Crippen molar-refractivity contribution in [1.29, 1.82) is 0 Å². The van der Waals surface area contributed by atoms with E-state index in [1.807, 2.05) is 13.8 Å². The summed E-state index contributed by atoms with van der Waals surface area (Å²) < 4.78 is 16.0. The lowest BCUT2D eigenvalue weighted by Gasteiger charge is -2.27. The first-order chi connectivity index (χ1) is 10.5. The van der Waals surface area contributed by atoms with Gasteiger partial charge in [-0.1, -0.05) is 0 Å². The van der Waals surface area contributed by atoms with Gasteiger partial charge in [0.05, 0.1) is 19.8 Å². The van der Waals surface area contributed by atoms with Gasteiger partial charge in [0, 0.05) is 25.3 Å². The van der Waals surface area contributed by atoms with Crippen LogP contribution in [0.3, 0.4) is 0 Å². The van der Waals surface area contributed by atoms with Gasteiger partial charge in [0.2, 0.25) is 0 Å². The van der Waals surface area contributed by atoms with Crippen LogP contribution in [0.2, 0.25) is 0 Å². The van der Waals surface area contributed by atoms with Crippen molar-refractivity contribution in [3.05, 3.63) is 28.1 Å². The highest BCUT2D eigenvalue weighted by atomic mass is 16.5. The zero-order chi connectivity index (χ0) is 16.3. The third-order valence-corrected chi connectivity index (χ3v) is 4.36. The van der Waals surface area contributed by atoms with Gasteiger partial charge in [-0.15, -0.1) is 0 Å². The van der Waals surface area contributed by atoms with E-state index in [9.17, 15) is 4.79 Å². The fraction of sp³-hybridized carbons (Fsp3) is 0.647. The van der Waals surface area contributed by atoms with Gasteiger partial charge < -0.3 is 14.2 Å². The summed E-state index contributed by atoms with van der Waals surface area (Å²) in [6.07, 6.45) is 1.71. The summed E-state index contributed by atoms with van der Waals surface area (Å²) in [5.41, 5.74) is 4.61. The van der Waals surface area contributed by atoms with E-state index in [4.69, 9.17) is 14.2 Å². The van der Waals surface area contributed by atoms with Crippen molar-refractivity contribution in [1.82, 2.24) is 4.98 Å². The molecule has 1 aromatic heterocycles. The van der Waals surface area contributed by atoms with E-state index in [0.29, 0.717) is 25.5 Å². The third kappa shape index (κ3) is 3.01. The molecule has 0 aromatic carbocycles. The van der Waals surface area contributed by atoms with Crippen LogP contribution in [-0.2, 0) is 27.1 Å². The molecule has 1 aromatic rings. The highest BCUT2D eigenvalue weighted by molar-refractivity contribution is 5.89. The summed E-state index contributed by atoms with van der Waals surface area (Å²) in [6, 6.07) is 0. The van der Waals surface area contributed by atoms with Crippen LogP contribution in [0.25, 0.3) is 0 Å². The zero-order valence-electron chi connectivity index (χ0n) is 14.1. The number of hydrogen-bond acceptors (Lipinski definition) is 5. The molecule has 0 radical (unpaired) electrons. The molecule has 122 valence electrons. The quantitative estimate of drug-likeness (QED) is 0.755. The summed E-state index contributed by atoms with van der Waals surface area (Å²) in [5.74, 6) is -0.345. The average molecular weight is 307 g/mol. The first-order valence-corrected chi connectivity index (χ1v) is 7.62. The fourth-order valence-corrected chi connectivity index (χ4v) is 3.45. The molecule has 0 N–H and O–H groups in total. The van der Waals surface area contributed by atoms with Crippen molar-refractivity contribution >= 4 is 5.97 Å². The Kier molecular flexibility index (Phi) is 5.19. The number of aryl methyl sites for hydroxylation is 1. The van der Waals surface area contributed by atoms with Crippen molar-refractivity contribution < 1.29 is 19.0 Å². The van der Waals surface area contributed by atoms with E-state index in [1.165, 1.54) is 11.1 Å². The Morgan fingerprint density at radius 1 is 1.14 bits per heavy atom. The number of ether oxygens (including phenoxy) is 3. The number of carbonyl (C=O) groups excluding carboxylic acids is 1. The van der Waals surface area contributed by atoms with Gasteiger partial charge in [-0.2, -0.15) is 0 Å². The van der Waals surface area contributed by atoms with Gasteiger partial charge in [0.25, 0.3) is 0 Å². The predicted octanol–water partition coefficient (Wildman–Crippen LogP) is 2.25. The van der Waals surface area contributed by atoms with Gasteiger partial charge in [0.1, 0.15) is 0 Å². The van der Waals surface area contributed by atoms with E-state index in [0.717, 1.165) is 24.1 Å². The summed E-state index contributed by atoms with van der Waals surface area (Å²) in [7, 11) is 3.42. The number of fused-ring (bicyclic) bond motifs is 1. The van der Waals surface area contributed by atoms with Crippen LogP contribution in [0.5, 0.6) is 0 Å². The Bertz CT molecular complexity index is 562. The Morgan fingerprint density at radius 2 is 1.73 bits per heavy atom. The van der Waals surface area contributed by atoms with Gasteiger partial charge in [-0.25, -0.2) is 9.78 Å². The van der Waals surface area contributed by atoms with Crippen molar-refractivity contribution in [2.75, 3.05) is 34.0 Å². The molecule has 0 saturated carbocycles. The molecule has 5 heteroatoms. The topological polar surface area (TPSA) is 57.7 Å². The van der Waals surface area contributed by atoms with E-state index in [1.54, 1.807) is 21.1 Å². The number of pyridine rings is 1. The molecule has 0 amide bonds. The molecule has 1 aliphatic rings. The molecule has 0 fully saturated rings. The molecule has 5 nitrogen and oxygen atoms in total. The van der Waals surface area contributed by atoms with Crippen molar-refractivity contribution in [3.8, 4) is 0 Å². The smallest absolute Gasteiger partial charge is 0.357 e.